The molecule has 38 heavy (non-hydrogen) atoms. The topological polar surface area (TPSA) is 204 Å². The molecule has 2 rings (SSSR count). The molecule has 208 valence electrons. The monoisotopic (exact) mass is 531 g/mol. The van der Waals surface area contributed by atoms with Gasteiger partial charge in [-0.25, -0.2) is 4.79 Å². The normalized spacial score (nSPS) is 14.5. The van der Waals surface area contributed by atoms with E-state index in [1.165, 1.54) is 0 Å². The van der Waals surface area contributed by atoms with Crippen molar-refractivity contribution in [3.8, 4) is 0 Å². The molecule has 0 saturated heterocycles. The summed E-state index contributed by atoms with van der Waals surface area (Å²) >= 11 is 0. The number of hydrogen-bond acceptors (Lipinski definition) is 6. The third-order valence-corrected chi connectivity index (χ3v) is 6.03. The Bertz CT molecular complexity index is 1160. The second kappa shape index (κ2) is 13.6. The number of carbonyl (C=O) groups excluding carboxylic acids is 3. The van der Waals surface area contributed by atoms with E-state index in [4.69, 9.17) is 10.8 Å². The molecule has 0 aliphatic heterocycles. The molecule has 1 aromatic carbocycles. The number of amides is 3. The summed E-state index contributed by atoms with van der Waals surface area (Å²) in [4.78, 5) is 64.4. The Labute approximate surface area is 220 Å². The quantitative estimate of drug-likeness (QED) is 0.185. The number of carboxylic acids is 2. The van der Waals surface area contributed by atoms with Crippen LogP contribution < -0.4 is 21.7 Å². The second-order valence-corrected chi connectivity index (χ2v) is 10.1. The molecule has 4 unspecified atom stereocenters. The summed E-state index contributed by atoms with van der Waals surface area (Å²) < 4.78 is 0. The summed E-state index contributed by atoms with van der Waals surface area (Å²) in [7, 11) is 0. The van der Waals surface area contributed by atoms with Crippen molar-refractivity contribution in [2.75, 3.05) is 0 Å². The minimum absolute atomic E-state index is 0.00850. The van der Waals surface area contributed by atoms with E-state index in [0.29, 0.717) is 0 Å². The minimum atomic E-state index is -1.66. The van der Waals surface area contributed by atoms with Gasteiger partial charge in [-0.3, -0.25) is 19.2 Å². The van der Waals surface area contributed by atoms with Crippen LogP contribution in [0.1, 0.15) is 46.1 Å². The lowest BCUT2D eigenvalue weighted by atomic mass is 9.99. The molecule has 1 aromatic heterocycles. The third-order valence-electron chi connectivity index (χ3n) is 6.03. The summed E-state index contributed by atoms with van der Waals surface area (Å²) in [5.74, 6) is -5.37. The summed E-state index contributed by atoms with van der Waals surface area (Å²) in [6, 6.07) is 2.85. The van der Waals surface area contributed by atoms with Crippen molar-refractivity contribution in [3.63, 3.8) is 0 Å². The fraction of sp³-hybridized carbons (Fsp3) is 0.500. The minimum Gasteiger partial charge on any atom is -0.481 e. The SMILES string of the molecule is CC(C)CC(NC(=O)C(N)Cc1c[nH]c2ccccc12)C(=O)NC(C(=O)NC(CC(=O)O)C(=O)O)C(C)C. The van der Waals surface area contributed by atoms with Gasteiger partial charge in [0, 0.05) is 17.1 Å². The molecule has 0 aliphatic rings. The Morgan fingerprint density at radius 3 is 2.11 bits per heavy atom. The van der Waals surface area contributed by atoms with E-state index in [2.05, 4.69) is 20.9 Å². The van der Waals surface area contributed by atoms with E-state index in [0.717, 1.165) is 16.5 Å². The highest BCUT2D eigenvalue weighted by atomic mass is 16.4. The molecule has 0 saturated carbocycles. The Balaban J connectivity index is 2.11. The number of carboxylic acid groups (broad SMARTS) is 2. The summed E-state index contributed by atoms with van der Waals surface area (Å²) in [5, 5.41) is 26.5. The molecule has 0 aliphatic carbocycles. The van der Waals surface area contributed by atoms with Gasteiger partial charge in [0.2, 0.25) is 17.7 Å². The zero-order chi connectivity index (χ0) is 28.6. The van der Waals surface area contributed by atoms with Crippen molar-refractivity contribution >= 4 is 40.6 Å². The van der Waals surface area contributed by atoms with Crippen LogP contribution in [0.3, 0.4) is 0 Å². The van der Waals surface area contributed by atoms with E-state index >= 15 is 0 Å². The van der Waals surface area contributed by atoms with Crippen molar-refractivity contribution in [2.24, 2.45) is 17.6 Å². The zero-order valence-electron chi connectivity index (χ0n) is 22.0. The average Bonchev–Trinajstić information content (AvgIpc) is 3.23. The van der Waals surface area contributed by atoms with Crippen molar-refractivity contribution in [2.45, 2.75) is 71.1 Å². The fourth-order valence-electron chi connectivity index (χ4n) is 4.04. The molecule has 12 nitrogen and oxygen atoms in total. The van der Waals surface area contributed by atoms with E-state index < -0.39 is 66.2 Å². The first-order valence-electron chi connectivity index (χ1n) is 12.5. The number of H-pyrrole nitrogens is 1. The molecule has 0 fully saturated rings. The number of benzene rings is 1. The van der Waals surface area contributed by atoms with Gasteiger partial charge in [0.15, 0.2) is 0 Å². The summed E-state index contributed by atoms with van der Waals surface area (Å²) in [6.45, 7) is 7.03. The van der Waals surface area contributed by atoms with Crippen LogP contribution in [0.15, 0.2) is 30.5 Å². The van der Waals surface area contributed by atoms with Crippen molar-refractivity contribution in [1.29, 1.82) is 0 Å². The van der Waals surface area contributed by atoms with E-state index in [9.17, 15) is 29.1 Å². The number of aromatic nitrogens is 1. The maximum absolute atomic E-state index is 13.2. The zero-order valence-corrected chi connectivity index (χ0v) is 22.0. The highest BCUT2D eigenvalue weighted by molar-refractivity contribution is 5.95. The second-order valence-electron chi connectivity index (χ2n) is 10.1. The molecule has 0 spiro atoms. The summed E-state index contributed by atoms with van der Waals surface area (Å²) in [5.41, 5.74) is 7.95. The number of aliphatic carboxylic acids is 2. The van der Waals surface area contributed by atoms with Crippen molar-refractivity contribution in [3.05, 3.63) is 36.0 Å². The predicted octanol–water partition coefficient (Wildman–Crippen LogP) is 0.754. The Morgan fingerprint density at radius 1 is 0.895 bits per heavy atom. The van der Waals surface area contributed by atoms with E-state index in [-0.39, 0.29) is 18.8 Å². The lowest BCUT2D eigenvalue weighted by Gasteiger charge is -2.27. The van der Waals surface area contributed by atoms with Crippen molar-refractivity contribution in [1.82, 2.24) is 20.9 Å². The highest BCUT2D eigenvalue weighted by Crippen LogP contribution is 2.19. The van der Waals surface area contributed by atoms with Crippen molar-refractivity contribution < 1.29 is 34.2 Å². The molecule has 8 N–H and O–H groups in total. The number of carbonyl (C=O) groups is 5. The van der Waals surface area contributed by atoms with Crippen LogP contribution in [0.5, 0.6) is 0 Å². The van der Waals surface area contributed by atoms with Crippen LogP contribution in [-0.2, 0) is 30.4 Å². The lowest BCUT2D eigenvalue weighted by Crippen LogP contribution is -2.58. The molecule has 0 bridgehead atoms. The Morgan fingerprint density at radius 2 is 1.53 bits per heavy atom. The highest BCUT2D eigenvalue weighted by Gasteiger charge is 2.33. The number of para-hydroxylation sites is 1. The Hall–Kier alpha value is -3.93. The van der Waals surface area contributed by atoms with Gasteiger partial charge < -0.3 is 36.9 Å². The van der Waals surface area contributed by atoms with E-state index in [1.807, 2.05) is 38.1 Å². The van der Waals surface area contributed by atoms with Gasteiger partial charge in [0.25, 0.3) is 0 Å². The molecule has 1 heterocycles. The first kappa shape index (κ1) is 30.3. The predicted molar refractivity (Wildman–Crippen MR) is 140 cm³/mol. The third kappa shape index (κ3) is 8.58. The van der Waals surface area contributed by atoms with Crippen LogP contribution >= 0.6 is 0 Å². The van der Waals surface area contributed by atoms with Gasteiger partial charge in [-0.15, -0.1) is 0 Å². The van der Waals surface area contributed by atoms with Crippen LogP contribution in [0.2, 0.25) is 0 Å². The standard InChI is InChI=1S/C26H37N5O7/c1-13(2)9-19(29-23(34)17(27)10-15-12-28-18-8-6-5-7-16(15)18)24(35)31-22(14(3)4)25(36)30-20(26(37)38)11-21(32)33/h5-8,12-14,17,19-20,22,28H,9-11,27H2,1-4H3,(H,29,34)(H,30,36)(H,31,35)(H,32,33)(H,37,38). The molecule has 4 atom stereocenters. The maximum atomic E-state index is 13.2. The van der Waals surface area contributed by atoms with Gasteiger partial charge in [-0.2, -0.15) is 0 Å². The van der Waals surface area contributed by atoms with Crippen LogP contribution in [0.4, 0.5) is 0 Å². The molecule has 3 amide bonds. The molecule has 0 radical (unpaired) electrons. The number of aromatic amines is 1. The average molecular weight is 532 g/mol. The van der Waals surface area contributed by atoms with Crippen LogP contribution in [-0.4, -0.2) is 69.0 Å². The number of nitrogens with two attached hydrogens (primary N) is 1. The molecule has 2 aromatic rings. The van der Waals surface area contributed by atoms with Gasteiger partial charge >= 0.3 is 11.9 Å². The molecular weight excluding hydrogens is 494 g/mol. The lowest BCUT2D eigenvalue weighted by molar-refractivity contribution is -0.147. The molecule has 12 heteroatoms. The maximum Gasteiger partial charge on any atom is 0.326 e. The van der Waals surface area contributed by atoms with Crippen LogP contribution in [0, 0.1) is 11.8 Å². The van der Waals surface area contributed by atoms with Crippen LogP contribution in [0.25, 0.3) is 10.9 Å². The number of rotatable bonds is 14. The first-order chi connectivity index (χ1) is 17.8. The van der Waals surface area contributed by atoms with Gasteiger partial charge in [-0.1, -0.05) is 45.9 Å². The molecular formula is C26H37N5O7. The van der Waals surface area contributed by atoms with Gasteiger partial charge in [0.1, 0.15) is 18.1 Å². The number of hydrogen-bond donors (Lipinski definition) is 7. The Kier molecular flexibility index (Phi) is 10.8. The first-order valence-corrected chi connectivity index (χ1v) is 12.5. The number of fused-ring (bicyclic) bond motifs is 1. The van der Waals surface area contributed by atoms with Gasteiger partial charge in [-0.05, 0) is 36.3 Å². The number of nitrogens with one attached hydrogen (secondary N) is 4. The van der Waals surface area contributed by atoms with Gasteiger partial charge in [0.05, 0.1) is 12.5 Å². The largest absolute Gasteiger partial charge is 0.481 e. The summed E-state index contributed by atoms with van der Waals surface area (Å²) in [6.07, 6.45) is 1.47. The smallest absolute Gasteiger partial charge is 0.326 e. The van der Waals surface area contributed by atoms with E-state index in [1.54, 1.807) is 20.0 Å². The fourth-order valence-corrected chi connectivity index (χ4v) is 4.04.